The number of nitrogen functional groups attached to an aromatic ring is 1. The van der Waals surface area contributed by atoms with Gasteiger partial charge in [0.25, 0.3) is 0 Å². The average Bonchev–Trinajstić information content (AvgIpc) is 2.30. The Hall–Kier alpha value is -1.16. The van der Waals surface area contributed by atoms with Gasteiger partial charge >= 0.3 is 0 Å². The first-order valence-corrected chi connectivity index (χ1v) is 6.08. The largest absolute Gasteiger partial charge is 0.397 e. The number of nitrogens with one attached hydrogen (secondary N) is 1. The third-order valence-electron chi connectivity index (χ3n) is 2.31. The predicted molar refractivity (Wildman–Crippen MR) is 75.6 cm³/mol. The predicted octanol–water partition coefficient (Wildman–Crippen LogP) is 5.11. The molecule has 0 spiro atoms. The topological polar surface area (TPSA) is 38.0 Å². The van der Waals surface area contributed by atoms with E-state index in [2.05, 4.69) is 5.32 Å². The molecule has 0 aliphatic carbocycles. The fourth-order valence-corrected chi connectivity index (χ4v) is 2.08. The van der Waals surface area contributed by atoms with E-state index in [1.807, 2.05) is 0 Å². The third kappa shape index (κ3) is 2.64. The van der Waals surface area contributed by atoms with Crippen molar-refractivity contribution in [3.63, 3.8) is 0 Å². The van der Waals surface area contributed by atoms with Gasteiger partial charge < -0.3 is 11.1 Å². The van der Waals surface area contributed by atoms with Crippen molar-refractivity contribution in [1.82, 2.24) is 0 Å². The van der Waals surface area contributed by atoms with Crippen LogP contribution in [0.1, 0.15) is 0 Å². The molecule has 2 rings (SSSR count). The summed E-state index contributed by atoms with van der Waals surface area (Å²) in [6, 6.07) is 7.59. The van der Waals surface area contributed by atoms with Crippen LogP contribution in [0.4, 0.5) is 21.5 Å². The Morgan fingerprint density at radius 3 is 2.22 bits per heavy atom. The van der Waals surface area contributed by atoms with Crippen molar-refractivity contribution in [3.8, 4) is 0 Å². The normalized spacial score (nSPS) is 10.4. The molecule has 0 amide bonds. The molecule has 0 fully saturated rings. The molecule has 2 nitrogen and oxygen atoms in total. The second-order valence-corrected chi connectivity index (χ2v) is 4.80. The summed E-state index contributed by atoms with van der Waals surface area (Å²) >= 11 is 17.7. The van der Waals surface area contributed by atoms with Crippen LogP contribution in [0.25, 0.3) is 0 Å². The summed E-state index contributed by atoms with van der Waals surface area (Å²) in [6.07, 6.45) is 0. The van der Waals surface area contributed by atoms with E-state index in [9.17, 15) is 4.39 Å². The minimum Gasteiger partial charge on any atom is -0.397 e. The summed E-state index contributed by atoms with van der Waals surface area (Å²) in [4.78, 5) is 0. The van der Waals surface area contributed by atoms with Gasteiger partial charge in [0.15, 0.2) is 0 Å². The molecule has 0 radical (unpaired) electrons. The van der Waals surface area contributed by atoms with Crippen molar-refractivity contribution < 1.29 is 4.39 Å². The minimum absolute atomic E-state index is 0.0325. The summed E-state index contributed by atoms with van der Waals surface area (Å²) < 4.78 is 13.2. The maximum absolute atomic E-state index is 13.2. The SMILES string of the molecule is Nc1cc(F)c(Cl)cc1Nc1c(Cl)cccc1Cl. The number of rotatable bonds is 2. The molecule has 0 bridgehead atoms. The number of para-hydroxylation sites is 1. The van der Waals surface area contributed by atoms with Crippen molar-refractivity contribution >= 4 is 51.9 Å². The standard InChI is InChI=1S/C12H8Cl3FN2/c13-6-2-1-3-7(14)12(6)18-11-4-8(15)9(16)5-10(11)17/h1-5,18H,17H2. The highest BCUT2D eigenvalue weighted by atomic mass is 35.5. The first-order valence-electron chi connectivity index (χ1n) is 4.94. The number of halogens is 4. The molecule has 0 aliphatic rings. The number of hydrogen-bond acceptors (Lipinski definition) is 2. The second kappa shape index (κ2) is 5.22. The van der Waals surface area contributed by atoms with Crippen molar-refractivity contribution in [2.45, 2.75) is 0 Å². The lowest BCUT2D eigenvalue weighted by Gasteiger charge is -2.13. The molecule has 0 unspecified atom stereocenters. The minimum atomic E-state index is -0.579. The molecule has 0 atom stereocenters. The molecule has 94 valence electrons. The zero-order valence-electron chi connectivity index (χ0n) is 8.98. The van der Waals surface area contributed by atoms with E-state index in [1.54, 1.807) is 18.2 Å². The Kier molecular flexibility index (Phi) is 3.85. The van der Waals surface area contributed by atoms with Crippen LogP contribution in [0.15, 0.2) is 30.3 Å². The molecular weight excluding hydrogens is 298 g/mol. The lowest BCUT2D eigenvalue weighted by atomic mass is 10.2. The van der Waals surface area contributed by atoms with Crippen molar-refractivity contribution in [3.05, 3.63) is 51.2 Å². The first kappa shape index (κ1) is 13.3. The lowest BCUT2D eigenvalue weighted by Crippen LogP contribution is -1.98. The van der Waals surface area contributed by atoms with Gasteiger partial charge in [0.2, 0.25) is 0 Å². The Balaban J connectivity index is 2.43. The summed E-state index contributed by atoms with van der Waals surface area (Å²) in [6.45, 7) is 0. The summed E-state index contributed by atoms with van der Waals surface area (Å²) in [5, 5.41) is 3.77. The molecule has 6 heteroatoms. The molecule has 18 heavy (non-hydrogen) atoms. The highest BCUT2D eigenvalue weighted by Crippen LogP contribution is 2.35. The Morgan fingerprint density at radius 1 is 1.00 bits per heavy atom. The van der Waals surface area contributed by atoms with Gasteiger partial charge in [-0.25, -0.2) is 4.39 Å². The molecule has 0 aromatic heterocycles. The van der Waals surface area contributed by atoms with Crippen LogP contribution in [-0.2, 0) is 0 Å². The molecule has 3 N–H and O–H groups in total. The Morgan fingerprint density at radius 2 is 1.61 bits per heavy atom. The fourth-order valence-electron chi connectivity index (χ4n) is 1.42. The Labute approximate surface area is 118 Å². The van der Waals surface area contributed by atoms with Crippen LogP contribution in [-0.4, -0.2) is 0 Å². The third-order valence-corrected chi connectivity index (χ3v) is 3.23. The first-order chi connectivity index (χ1) is 8.49. The highest BCUT2D eigenvalue weighted by molar-refractivity contribution is 6.39. The van der Waals surface area contributed by atoms with Crippen LogP contribution in [0.5, 0.6) is 0 Å². The molecule has 0 aliphatic heterocycles. The number of benzene rings is 2. The molecular formula is C12H8Cl3FN2. The molecule has 2 aromatic carbocycles. The number of hydrogen-bond donors (Lipinski definition) is 2. The average molecular weight is 306 g/mol. The molecule has 0 saturated carbocycles. The van der Waals surface area contributed by atoms with E-state index >= 15 is 0 Å². The van der Waals surface area contributed by atoms with Crippen LogP contribution < -0.4 is 11.1 Å². The van der Waals surface area contributed by atoms with E-state index in [0.717, 1.165) is 6.07 Å². The molecule has 0 saturated heterocycles. The number of anilines is 3. The van der Waals surface area contributed by atoms with E-state index in [4.69, 9.17) is 40.5 Å². The van der Waals surface area contributed by atoms with Gasteiger partial charge in [-0.1, -0.05) is 40.9 Å². The fraction of sp³-hybridized carbons (Fsp3) is 0. The zero-order valence-corrected chi connectivity index (χ0v) is 11.2. The van der Waals surface area contributed by atoms with Gasteiger partial charge in [-0.2, -0.15) is 0 Å². The van der Waals surface area contributed by atoms with E-state index in [1.165, 1.54) is 6.07 Å². The Bertz CT molecular complexity index is 582. The van der Waals surface area contributed by atoms with Crippen LogP contribution in [0, 0.1) is 5.82 Å². The van der Waals surface area contributed by atoms with Crippen molar-refractivity contribution in [1.29, 1.82) is 0 Å². The quantitative estimate of drug-likeness (QED) is 0.756. The maximum atomic E-state index is 13.2. The highest BCUT2D eigenvalue weighted by Gasteiger charge is 2.10. The molecule has 2 aromatic rings. The van der Waals surface area contributed by atoms with Crippen molar-refractivity contribution in [2.75, 3.05) is 11.1 Å². The van der Waals surface area contributed by atoms with E-state index < -0.39 is 5.82 Å². The van der Waals surface area contributed by atoms with Crippen LogP contribution in [0.2, 0.25) is 15.1 Å². The van der Waals surface area contributed by atoms with Crippen LogP contribution in [0.3, 0.4) is 0 Å². The molecule has 0 heterocycles. The summed E-state index contributed by atoms with van der Waals surface area (Å²) in [7, 11) is 0. The number of nitrogens with two attached hydrogens (primary N) is 1. The summed E-state index contributed by atoms with van der Waals surface area (Å²) in [5.74, 6) is -0.579. The van der Waals surface area contributed by atoms with Gasteiger partial charge in [-0.15, -0.1) is 0 Å². The summed E-state index contributed by atoms with van der Waals surface area (Å²) in [5.41, 5.74) is 6.84. The van der Waals surface area contributed by atoms with Crippen LogP contribution >= 0.6 is 34.8 Å². The van der Waals surface area contributed by atoms with E-state index in [0.29, 0.717) is 21.4 Å². The van der Waals surface area contributed by atoms with Gasteiger partial charge in [0.1, 0.15) is 5.82 Å². The van der Waals surface area contributed by atoms with E-state index in [-0.39, 0.29) is 10.7 Å². The second-order valence-electron chi connectivity index (χ2n) is 3.58. The van der Waals surface area contributed by atoms with Gasteiger partial charge in [0, 0.05) is 6.07 Å². The lowest BCUT2D eigenvalue weighted by molar-refractivity contribution is 0.629. The monoisotopic (exact) mass is 304 g/mol. The maximum Gasteiger partial charge on any atom is 0.143 e. The smallest absolute Gasteiger partial charge is 0.143 e. The zero-order chi connectivity index (χ0) is 13.3. The van der Waals surface area contributed by atoms with Gasteiger partial charge in [-0.3, -0.25) is 0 Å². The van der Waals surface area contributed by atoms with Gasteiger partial charge in [-0.05, 0) is 18.2 Å². The van der Waals surface area contributed by atoms with Gasteiger partial charge in [0.05, 0.1) is 32.1 Å². The van der Waals surface area contributed by atoms with Crippen molar-refractivity contribution in [2.24, 2.45) is 0 Å².